The van der Waals surface area contributed by atoms with Gasteiger partial charge < -0.3 is 9.05 Å². The second-order valence-electron chi connectivity index (χ2n) is 4.85. The Bertz CT molecular complexity index is 271. The molecule has 0 unspecified atom stereocenters. The molecule has 0 saturated carbocycles. The van der Waals surface area contributed by atoms with Crippen molar-refractivity contribution in [3.8, 4) is 0 Å². The van der Waals surface area contributed by atoms with Gasteiger partial charge in [-0.25, -0.2) is 0 Å². The van der Waals surface area contributed by atoms with Crippen molar-refractivity contribution in [1.82, 2.24) is 0 Å². The third kappa shape index (κ3) is 5.44. The predicted octanol–water partition coefficient (Wildman–Crippen LogP) is 4.49. The molecule has 0 N–H and O–H groups in total. The van der Waals surface area contributed by atoms with Gasteiger partial charge in [-0.1, -0.05) is 25.7 Å². The maximum Gasteiger partial charge on any atom is 0.356 e. The van der Waals surface area contributed by atoms with E-state index in [9.17, 15) is 4.57 Å². The molecule has 0 amide bonds. The van der Waals surface area contributed by atoms with Crippen molar-refractivity contribution >= 4 is 15.7 Å². The largest absolute Gasteiger partial charge is 0.356 e. The van der Waals surface area contributed by atoms with E-state index < -0.39 is 15.7 Å². The third-order valence-electron chi connectivity index (χ3n) is 1.99. The monoisotopic (exact) mass is 264 g/mol. The fourth-order valence-electron chi connectivity index (χ4n) is 1.44. The van der Waals surface area contributed by atoms with E-state index in [2.05, 4.69) is 19.6 Å². The second kappa shape index (κ2) is 6.75. The summed E-state index contributed by atoms with van der Waals surface area (Å²) in [4.78, 5) is 0. The predicted molar refractivity (Wildman–Crippen MR) is 72.8 cm³/mol. The van der Waals surface area contributed by atoms with E-state index in [0.717, 1.165) is 11.4 Å². The molecule has 0 heterocycles. The molecule has 0 bridgehead atoms. The SMILES string of the molecule is C/C=C(/C[Si](C)(C)C)P(=O)(OCC)OCC. The van der Waals surface area contributed by atoms with Crippen LogP contribution in [-0.4, -0.2) is 21.3 Å². The Hall–Kier alpha value is 0.107. The summed E-state index contributed by atoms with van der Waals surface area (Å²) in [6, 6.07) is 0.862. The maximum absolute atomic E-state index is 12.5. The molecule has 3 nitrogen and oxygen atoms in total. The summed E-state index contributed by atoms with van der Waals surface area (Å²) in [5.41, 5.74) is 0. The van der Waals surface area contributed by atoms with Gasteiger partial charge in [0.15, 0.2) is 0 Å². The summed E-state index contributed by atoms with van der Waals surface area (Å²) in [7, 11) is -4.34. The summed E-state index contributed by atoms with van der Waals surface area (Å²) in [5.74, 6) is 0. The molecule has 0 spiro atoms. The van der Waals surface area contributed by atoms with Crippen LogP contribution in [0.1, 0.15) is 20.8 Å². The third-order valence-corrected chi connectivity index (χ3v) is 6.05. The van der Waals surface area contributed by atoms with Crippen LogP contribution >= 0.6 is 7.60 Å². The molecule has 0 fully saturated rings. The lowest BCUT2D eigenvalue weighted by Crippen LogP contribution is -2.20. The standard InChI is InChI=1S/C11H25O3PSi/c1-7-11(10-16(4,5)6)15(12,13-8-2)14-9-3/h7H,8-10H2,1-6H3/b11-7-. The van der Waals surface area contributed by atoms with E-state index in [-0.39, 0.29) is 0 Å². The van der Waals surface area contributed by atoms with E-state index in [4.69, 9.17) is 9.05 Å². The molecule has 0 aromatic carbocycles. The van der Waals surface area contributed by atoms with Crippen molar-refractivity contribution in [2.45, 2.75) is 46.5 Å². The van der Waals surface area contributed by atoms with Gasteiger partial charge in [-0.3, -0.25) is 4.57 Å². The summed E-state index contributed by atoms with van der Waals surface area (Å²) < 4.78 is 23.2. The van der Waals surface area contributed by atoms with Crippen molar-refractivity contribution in [3.05, 3.63) is 11.4 Å². The first-order valence-electron chi connectivity index (χ1n) is 5.84. The van der Waals surface area contributed by atoms with E-state index >= 15 is 0 Å². The highest BCUT2D eigenvalue weighted by molar-refractivity contribution is 7.58. The molecule has 0 saturated heterocycles. The first-order chi connectivity index (χ1) is 7.29. The first kappa shape index (κ1) is 16.1. The Balaban J connectivity index is 4.95. The lowest BCUT2D eigenvalue weighted by molar-refractivity contribution is 0.226. The minimum absolute atomic E-state index is 0.417. The number of allylic oxidation sites excluding steroid dienone is 2. The Morgan fingerprint density at radius 1 is 1.19 bits per heavy atom. The van der Waals surface area contributed by atoms with Crippen LogP contribution in [0.15, 0.2) is 11.4 Å². The van der Waals surface area contributed by atoms with Crippen LogP contribution < -0.4 is 0 Å². The van der Waals surface area contributed by atoms with Crippen molar-refractivity contribution in [2.75, 3.05) is 13.2 Å². The Morgan fingerprint density at radius 2 is 1.62 bits per heavy atom. The van der Waals surface area contributed by atoms with Gasteiger partial charge in [0.1, 0.15) is 0 Å². The zero-order valence-electron chi connectivity index (χ0n) is 11.4. The Morgan fingerprint density at radius 3 is 1.88 bits per heavy atom. The number of hydrogen-bond acceptors (Lipinski definition) is 3. The van der Waals surface area contributed by atoms with Crippen molar-refractivity contribution in [2.24, 2.45) is 0 Å². The highest BCUT2D eigenvalue weighted by Gasteiger charge is 2.32. The maximum atomic E-state index is 12.5. The van der Waals surface area contributed by atoms with Crippen LogP contribution in [0.4, 0.5) is 0 Å². The molecule has 0 aromatic rings. The molecule has 96 valence electrons. The van der Waals surface area contributed by atoms with Gasteiger partial charge in [0.25, 0.3) is 0 Å². The van der Waals surface area contributed by atoms with Gasteiger partial charge in [-0.15, -0.1) is 0 Å². The molecule has 0 aliphatic rings. The first-order valence-corrected chi connectivity index (χ1v) is 11.1. The molecule has 0 aliphatic heterocycles. The van der Waals surface area contributed by atoms with Crippen molar-refractivity contribution in [1.29, 1.82) is 0 Å². The molecular weight excluding hydrogens is 239 g/mol. The average molecular weight is 264 g/mol. The summed E-state index contributed by atoms with van der Waals surface area (Å²) in [6.45, 7) is 13.2. The van der Waals surface area contributed by atoms with E-state index in [1.807, 2.05) is 26.8 Å². The fraction of sp³-hybridized carbons (Fsp3) is 0.818. The van der Waals surface area contributed by atoms with E-state index in [1.165, 1.54) is 0 Å². The van der Waals surface area contributed by atoms with Gasteiger partial charge in [-0.05, 0) is 26.8 Å². The normalized spacial score (nSPS) is 14.2. The molecule has 0 aromatic heterocycles. The Kier molecular flexibility index (Phi) is 6.79. The Labute approximate surface area is 101 Å². The number of rotatable bonds is 7. The molecule has 0 radical (unpaired) electrons. The molecular formula is C11H25O3PSi. The van der Waals surface area contributed by atoms with E-state index in [1.54, 1.807) is 0 Å². The second-order valence-corrected chi connectivity index (χ2v) is 12.4. The average Bonchev–Trinajstić information content (AvgIpc) is 2.13. The zero-order chi connectivity index (χ0) is 12.8. The quantitative estimate of drug-likeness (QED) is 0.502. The summed E-state index contributed by atoms with van der Waals surface area (Å²) in [5, 5.41) is 0.843. The van der Waals surface area contributed by atoms with E-state index in [0.29, 0.717) is 13.2 Å². The van der Waals surface area contributed by atoms with Gasteiger partial charge in [0.2, 0.25) is 0 Å². The minimum Gasteiger partial charge on any atom is -0.306 e. The molecule has 5 heteroatoms. The lowest BCUT2D eigenvalue weighted by Gasteiger charge is -2.24. The van der Waals surface area contributed by atoms with Gasteiger partial charge in [-0.2, -0.15) is 0 Å². The minimum atomic E-state index is -3.03. The molecule has 16 heavy (non-hydrogen) atoms. The van der Waals surface area contributed by atoms with Gasteiger partial charge in [0.05, 0.1) is 13.2 Å². The summed E-state index contributed by atoms with van der Waals surface area (Å²) >= 11 is 0. The van der Waals surface area contributed by atoms with Crippen molar-refractivity contribution < 1.29 is 13.6 Å². The summed E-state index contributed by atoms with van der Waals surface area (Å²) in [6.07, 6.45) is 1.89. The van der Waals surface area contributed by atoms with Crippen LogP contribution in [0, 0.1) is 0 Å². The lowest BCUT2D eigenvalue weighted by atomic mass is 10.6. The van der Waals surface area contributed by atoms with Crippen LogP contribution in [0.5, 0.6) is 0 Å². The van der Waals surface area contributed by atoms with Crippen molar-refractivity contribution in [3.63, 3.8) is 0 Å². The van der Waals surface area contributed by atoms with Crippen LogP contribution in [0.2, 0.25) is 25.7 Å². The van der Waals surface area contributed by atoms with Gasteiger partial charge in [0, 0.05) is 13.4 Å². The topological polar surface area (TPSA) is 35.5 Å². The fourth-order valence-corrected chi connectivity index (χ4v) is 6.33. The van der Waals surface area contributed by atoms with Crippen LogP contribution in [-0.2, 0) is 13.6 Å². The zero-order valence-corrected chi connectivity index (χ0v) is 13.3. The van der Waals surface area contributed by atoms with Crippen LogP contribution in [0.3, 0.4) is 0 Å². The highest BCUT2D eigenvalue weighted by Crippen LogP contribution is 2.58. The van der Waals surface area contributed by atoms with Gasteiger partial charge >= 0.3 is 7.60 Å². The highest BCUT2D eigenvalue weighted by atomic mass is 31.2. The van der Waals surface area contributed by atoms with Crippen LogP contribution in [0.25, 0.3) is 0 Å². The smallest absolute Gasteiger partial charge is 0.306 e. The molecule has 0 aliphatic carbocycles. The molecule has 0 atom stereocenters. The molecule has 0 rings (SSSR count). The number of hydrogen-bond donors (Lipinski definition) is 0.